The molecule has 0 saturated carbocycles. The number of anilines is 1. The van der Waals surface area contributed by atoms with E-state index < -0.39 is 0 Å². The van der Waals surface area contributed by atoms with E-state index >= 15 is 0 Å². The molecule has 0 aliphatic carbocycles. The van der Waals surface area contributed by atoms with E-state index in [0.29, 0.717) is 12.1 Å². The standard InChI is InChI=1S/C20H22N4O2/c1-14-12-21-13-19(22-14)23-6-3-7-24(9-8-23)20(25)16-4-5-18-17(11-16)10-15(2)26-18/h4-5,10-13H,3,6-9H2,1-2H3. The highest BCUT2D eigenvalue weighted by Crippen LogP contribution is 2.22. The molecular formula is C20H22N4O2. The molecule has 0 spiro atoms. The van der Waals surface area contributed by atoms with Gasteiger partial charge in [-0.3, -0.25) is 9.78 Å². The van der Waals surface area contributed by atoms with Gasteiger partial charge in [0.15, 0.2) is 0 Å². The van der Waals surface area contributed by atoms with Gasteiger partial charge in [-0.25, -0.2) is 4.98 Å². The van der Waals surface area contributed by atoms with Crippen molar-refractivity contribution in [2.75, 3.05) is 31.1 Å². The first-order chi connectivity index (χ1) is 12.6. The average Bonchev–Trinajstić information content (AvgIpc) is 2.84. The highest BCUT2D eigenvalue weighted by atomic mass is 16.3. The number of aryl methyl sites for hydroxylation is 2. The van der Waals surface area contributed by atoms with E-state index in [9.17, 15) is 4.79 Å². The van der Waals surface area contributed by atoms with Crippen molar-refractivity contribution < 1.29 is 9.21 Å². The molecule has 1 fully saturated rings. The van der Waals surface area contributed by atoms with E-state index in [1.54, 1.807) is 12.4 Å². The molecular weight excluding hydrogens is 328 g/mol. The Kier molecular flexibility index (Phi) is 4.32. The van der Waals surface area contributed by atoms with Crippen molar-refractivity contribution in [3.8, 4) is 0 Å². The molecule has 1 aromatic carbocycles. The van der Waals surface area contributed by atoms with Gasteiger partial charge >= 0.3 is 0 Å². The fourth-order valence-electron chi connectivity index (χ4n) is 3.44. The smallest absolute Gasteiger partial charge is 0.253 e. The summed E-state index contributed by atoms with van der Waals surface area (Å²) in [4.78, 5) is 25.9. The first kappa shape index (κ1) is 16.6. The minimum absolute atomic E-state index is 0.0722. The van der Waals surface area contributed by atoms with Gasteiger partial charge < -0.3 is 14.2 Å². The van der Waals surface area contributed by atoms with Crippen LogP contribution in [0.1, 0.15) is 28.2 Å². The monoisotopic (exact) mass is 350 g/mol. The number of hydrogen-bond donors (Lipinski definition) is 0. The number of carbonyl (C=O) groups excluding carboxylic acids is 1. The molecule has 3 heterocycles. The van der Waals surface area contributed by atoms with Crippen LogP contribution >= 0.6 is 0 Å². The van der Waals surface area contributed by atoms with Crippen LogP contribution in [0.25, 0.3) is 11.0 Å². The van der Waals surface area contributed by atoms with Crippen LogP contribution in [0, 0.1) is 13.8 Å². The zero-order chi connectivity index (χ0) is 18.1. The summed E-state index contributed by atoms with van der Waals surface area (Å²) in [7, 11) is 0. The first-order valence-electron chi connectivity index (χ1n) is 8.93. The highest BCUT2D eigenvalue weighted by molar-refractivity contribution is 5.97. The van der Waals surface area contributed by atoms with E-state index in [1.807, 2.05) is 43.0 Å². The molecule has 4 rings (SSSR count). The number of rotatable bonds is 2. The van der Waals surface area contributed by atoms with Crippen LogP contribution in [0.4, 0.5) is 5.82 Å². The van der Waals surface area contributed by atoms with Gasteiger partial charge in [0.2, 0.25) is 0 Å². The van der Waals surface area contributed by atoms with Gasteiger partial charge in [-0.1, -0.05) is 0 Å². The van der Waals surface area contributed by atoms with Crippen LogP contribution in [0.2, 0.25) is 0 Å². The summed E-state index contributed by atoms with van der Waals surface area (Å²) in [5.74, 6) is 1.81. The lowest BCUT2D eigenvalue weighted by molar-refractivity contribution is 0.0767. The van der Waals surface area contributed by atoms with Crippen molar-refractivity contribution in [3.63, 3.8) is 0 Å². The summed E-state index contributed by atoms with van der Waals surface area (Å²) in [6.45, 7) is 6.92. The normalized spacial score (nSPS) is 15.3. The van der Waals surface area contributed by atoms with Gasteiger partial charge in [0.1, 0.15) is 17.2 Å². The third-order valence-corrected chi connectivity index (χ3v) is 4.74. The third kappa shape index (κ3) is 3.27. The molecule has 134 valence electrons. The molecule has 0 bridgehead atoms. The second kappa shape index (κ2) is 6.78. The Morgan fingerprint density at radius 2 is 1.96 bits per heavy atom. The molecule has 0 N–H and O–H groups in total. The minimum atomic E-state index is 0.0722. The Morgan fingerprint density at radius 3 is 2.81 bits per heavy atom. The molecule has 1 saturated heterocycles. The molecule has 0 radical (unpaired) electrons. The molecule has 1 amide bonds. The van der Waals surface area contributed by atoms with Crippen LogP contribution in [0.15, 0.2) is 41.1 Å². The number of fused-ring (bicyclic) bond motifs is 1. The second-order valence-corrected chi connectivity index (χ2v) is 6.76. The number of aromatic nitrogens is 2. The molecule has 1 aliphatic heterocycles. The lowest BCUT2D eigenvalue weighted by atomic mass is 10.1. The SMILES string of the molecule is Cc1cncc(N2CCCN(C(=O)c3ccc4oc(C)cc4c3)CC2)n1. The van der Waals surface area contributed by atoms with Crippen molar-refractivity contribution in [2.45, 2.75) is 20.3 Å². The number of benzene rings is 1. The van der Waals surface area contributed by atoms with Crippen molar-refractivity contribution >= 4 is 22.7 Å². The Morgan fingerprint density at radius 1 is 1.08 bits per heavy atom. The van der Waals surface area contributed by atoms with Crippen LogP contribution < -0.4 is 4.90 Å². The predicted octanol–water partition coefficient (Wildman–Crippen LogP) is 3.19. The van der Waals surface area contributed by atoms with Gasteiger partial charge in [-0.15, -0.1) is 0 Å². The van der Waals surface area contributed by atoms with E-state index in [-0.39, 0.29) is 5.91 Å². The Balaban J connectivity index is 1.49. The Bertz CT molecular complexity index is 950. The molecule has 0 unspecified atom stereocenters. The zero-order valence-electron chi connectivity index (χ0n) is 15.1. The molecule has 0 atom stereocenters. The van der Waals surface area contributed by atoms with Crippen molar-refractivity contribution in [3.05, 3.63) is 53.7 Å². The number of nitrogens with zero attached hydrogens (tertiary/aromatic N) is 4. The van der Waals surface area contributed by atoms with E-state index in [2.05, 4.69) is 14.9 Å². The second-order valence-electron chi connectivity index (χ2n) is 6.76. The maximum Gasteiger partial charge on any atom is 0.253 e. The summed E-state index contributed by atoms with van der Waals surface area (Å²) >= 11 is 0. The largest absolute Gasteiger partial charge is 0.461 e. The quantitative estimate of drug-likeness (QED) is 0.710. The molecule has 1 aliphatic rings. The molecule has 6 nitrogen and oxygen atoms in total. The van der Waals surface area contributed by atoms with Crippen LogP contribution in [-0.2, 0) is 0 Å². The summed E-state index contributed by atoms with van der Waals surface area (Å²) in [5, 5.41) is 0.972. The highest BCUT2D eigenvalue weighted by Gasteiger charge is 2.21. The van der Waals surface area contributed by atoms with Gasteiger partial charge in [0.05, 0.1) is 11.9 Å². The average molecular weight is 350 g/mol. The Hall–Kier alpha value is -2.89. The summed E-state index contributed by atoms with van der Waals surface area (Å²) < 4.78 is 5.60. The number of furan rings is 1. The zero-order valence-corrected chi connectivity index (χ0v) is 15.1. The van der Waals surface area contributed by atoms with Crippen LogP contribution in [0.5, 0.6) is 0 Å². The van der Waals surface area contributed by atoms with Crippen molar-refractivity contribution in [2.24, 2.45) is 0 Å². The van der Waals surface area contributed by atoms with Crippen LogP contribution in [0.3, 0.4) is 0 Å². The molecule has 2 aromatic heterocycles. The minimum Gasteiger partial charge on any atom is -0.461 e. The van der Waals surface area contributed by atoms with Crippen molar-refractivity contribution in [1.82, 2.24) is 14.9 Å². The molecule has 3 aromatic rings. The van der Waals surface area contributed by atoms with Gasteiger partial charge in [-0.05, 0) is 44.5 Å². The van der Waals surface area contributed by atoms with Crippen LogP contribution in [-0.4, -0.2) is 47.0 Å². The molecule has 26 heavy (non-hydrogen) atoms. The maximum absolute atomic E-state index is 12.9. The number of carbonyl (C=O) groups is 1. The maximum atomic E-state index is 12.9. The number of hydrogen-bond acceptors (Lipinski definition) is 5. The lowest BCUT2D eigenvalue weighted by Gasteiger charge is -2.23. The number of amides is 1. The van der Waals surface area contributed by atoms with E-state index in [0.717, 1.165) is 54.3 Å². The Labute approximate surface area is 152 Å². The fraction of sp³-hybridized carbons (Fsp3) is 0.350. The third-order valence-electron chi connectivity index (χ3n) is 4.74. The molecule has 6 heteroatoms. The summed E-state index contributed by atoms with van der Waals surface area (Å²) in [6.07, 6.45) is 4.46. The topological polar surface area (TPSA) is 62.5 Å². The van der Waals surface area contributed by atoms with Crippen molar-refractivity contribution in [1.29, 1.82) is 0 Å². The summed E-state index contributed by atoms with van der Waals surface area (Å²) in [6, 6.07) is 7.61. The lowest BCUT2D eigenvalue weighted by Crippen LogP contribution is -2.35. The van der Waals surface area contributed by atoms with E-state index in [4.69, 9.17) is 4.42 Å². The first-order valence-corrected chi connectivity index (χ1v) is 8.93. The summed E-state index contributed by atoms with van der Waals surface area (Å²) in [5.41, 5.74) is 2.43. The van der Waals surface area contributed by atoms with E-state index in [1.165, 1.54) is 0 Å². The van der Waals surface area contributed by atoms with Gasteiger partial charge in [0, 0.05) is 43.3 Å². The predicted molar refractivity (Wildman–Crippen MR) is 100 cm³/mol. The van der Waals surface area contributed by atoms with Gasteiger partial charge in [-0.2, -0.15) is 0 Å². The fourth-order valence-corrected chi connectivity index (χ4v) is 3.44. The van der Waals surface area contributed by atoms with Gasteiger partial charge in [0.25, 0.3) is 5.91 Å².